The third kappa shape index (κ3) is 7.91. The molecule has 0 aliphatic carbocycles. The highest BCUT2D eigenvalue weighted by molar-refractivity contribution is 8.00. The lowest BCUT2D eigenvalue weighted by Gasteiger charge is -2.16. The summed E-state index contributed by atoms with van der Waals surface area (Å²) in [5, 5.41) is 9.16. The molecule has 2 rings (SSSR count). The van der Waals surface area contributed by atoms with Crippen molar-refractivity contribution in [2.75, 3.05) is 38.7 Å². The number of thioether (sulfide) groups is 1. The summed E-state index contributed by atoms with van der Waals surface area (Å²) in [5.74, 6) is 5.50. The molecular weight excluding hydrogens is 374 g/mol. The van der Waals surface area contributed by atoms with Crippen molar-refractivity contribution in [3.63, 3.8) is 0 Å². The minimum atomic E-state index is -0.390. The van der Waals surface area contributed by atoms with Crippen molar-refractivity contribution >= 4 is 29.6 Å². The van der Waals surface area contributed by atoms with Gasteiger partial charge in [0.2, 0.25) is 5.91 Å². The largest absolute Gasteiger partial charge is 0.377 e. The summed E-state index contributed by atoms with van der Waals surface area (Å²) in [6, 6.07) is 0.408. The Bertz CT molecular complexity index is 510. The Morgan fingerprint density at radius 1 is 1.15 bits per heavy atom. The standard InChI is InChI=1S/C16H29N5O5S/c17-21-14(23)9-26-8-7-25-6-5-18-13(22)4-2-1-3-12-15-11(10-27-12)19-16(24)20-15/h11-12,15H,1-10,17H2,(H,18,22)(H,21,23)(H2,19,20,24)/t11-,12-,15-/m0/s1. The molecule has 0 aromatic heterocycles. The van der Waals surface area contributed by atoms with Crippen molar-refractivity contribution in [2.45, 2.75) is 43.0 Å². The first-order chi connectivity index (χ1) is 13.1. The lowest BCUT2D eigenvalue weighted by Crippen LogP contribution is -2.36. The van der Waals surface area contributed by atoms with Crippen molar-refractivity contribution in [3.8, 4) is 0 Å². The van der Waals surface area contributed by atoms with Gasteiger partial charge in [0, 0.05) is 24.0 Å². The Balaban J connectivity index is 1.39. The molecule has 2 heterocycles. The van der Waals surface area contributed by atoms with Crippen molar-refractivity contribution in [1.82, 2.24) is 21.4 Å². The molecule has 11 heteroatoms. The quantitative estimate of drug-likeness (QED) is 0.0859. The molecule has 0 radical (unpaired) electrons. The fraction of sp³-hybridized carbons (Fsp3) is 0.812. The second-order valence-electron chi connectivity index (χ2n) is 6.45. The zero-order valence-corrected chi connectivity index (χ0v) is 16.1. The first-order valence-electron chi connectivity index (χ1n) is 9.20. The Morgan fingerprint density at radius 3 is 2.78 bits per heavy atom. The molecular formula is C16H29N5O5S. The van der Waals surface area contributed by atoms with E-state index >= 15 is 0 Å². The molecule has 154 valence electrons. The van der Waals surface area contributed by atoms with Crippen LogP contribution in [0, 0.1) is 0 Å². The first-order valence-corrected chi connectivity index (χ1v) is 10.3. The molecule has 3 atom stereocenters. The smallest absolute Gasteiger partial charge is 0.315 e. The van der Waals surface area contributed by atoms with E-state index in [0.29, 0.717) is 38.0 Å². The van der Waals surface area contributed by atoms with Crippen LogP contribution in [0.4, 0.5) is 4.79 Å². The molecule has 2 aliphatic heterocycles. The van der Waals surface area contributed by atoms with Crippen LogP contribution in [0.15, 0.2) is 0 Å². The van der Waals surface area contributed by atoms with Crippen LogP contribution in [0.3, 0.4) is 0 Å². The highest BCUT2D eigenvalue weighted by atomic mass is 32.2. The highest BCUT2D eigenvalue weighted by Crippen LogP contribution is 2.33. The molecule has 0 bridgehead atoms. The predicted molar refractivity (Wildman–Crippen MR) is 101 cm³/mol. The van der Waals surface area contributed by atoms with E-state index < -0.39 is 5.91 Å². The van der Waals surface area contributed by atoms with Crippen LogP contribution < -0.4 is 27.2 Å². The van der Waals surface area contributed by atoms with Gasteiger partial charge in [0.05, 0.1) is 31.9 Å². The van der Waals surface area contributed by atoms with Crippen molar-refractivity contribution < 1.29 is 23.9 Å². The van der Waals surface area contributed by atoms with Gasteiger partial charge in [-0.05, 0) is 12.8 Å². The summed E-state index contributed by atoms with van der Waals surface area (Å²) in [5.41, 5.74) is 1.96. The highest BCUT2D eigenvalue weighted by Gasteiger charge is 2.42. The number of hydrogen-bond donors (Lipinski definition) is 5. The maximum absolute atomic E-state index is 11.8. The molecule has 2 aliphatic rings. The van der Waals surface area contributed by atoms with Gasteiger partial charge in [-0.15, -0.1) is 0 Å². The lowest BCUT2D eigenvalue weighted by atomic mass is 10.0. The molecule has 6 N–H and O–H groups in total. The van der Waals surface area contributed by atoms with E-state index in [0.717, 1.165) is 25.0 Å². The number of amides is 4. The van der Waals surface area contributed by atoms with Gasteiger partial charge in [0.25, 0.3) is 5.91 Å². The Morgan fingerprint density at radius 2 is 1.96 bits per heavy atom. The monoisotopic (exact) mass is 403 g/mol. The Kier molecular flexibility index (Phi) is 9.67. The van der Waals surface area contributed by atoms with E-state index in [9.17, 15) is 14.4 Å². The molecule has 2 fully saturated rings. The summed E-state index contributed by atoms with van der Waals surface area (Å²) in [6.45, 7) is 1.38. The van der Waals surface area contributed by atoms with Crippen molar-refractivity contribution in [2.24, 2.45) is 5.84 Å². The second kappa shape index (κ2) is 12.0. The SMILES string of the molecule is NNC(=O)COCCOCCNC(=O)CCCC[C@@H]1SC[C@@H]2NC(=O)N[C@@H]21. The number of fused-ring (bicyclic) bond motifs is 1. The van der Waals surface area contributed by atoms with E-state index in [1.807, 2.05) is 17.2 Å². The maximum Gasteiger partial charge on any atom is 0.315 e. The number of urea groups is 1. The third-order valence-corrected chi connectivity index (χ3v) is 5.92. The fourth-order valence-corrected chi connectivity index (χ4v) is 4.60. The van der Waals surface area contributed by atoms with E-state index in [4.69, 9.17) is 15.3 Å². The van der Waals surface area contributed by atoms with Gasteiger partial charge in [0.15, 0.2) is 0 Å². The summed E-state index contributed by atoms with van der Waals surface area (Å²) in [6.07, 6.45) is 3.30. The van der Waals surface area contributed by atoms with Gasteiger partial charge in [-0.1, -0.05) is 6.42 Å². The summed E-state index contributed by atoms with van der Waals surface area (Å²) in [7, 11) is 0. The molecule has 27 heavy (non-hydrogen) atoms. The number of nitrogens with two attached hydrogens (primary N) is 1. The molecule has 4 amide bonds. The van der Waals surface area contributed by atoms with Crippen LogP contribution in [-0.4, -0.2) is 73.9 Å². The summed E-state index contributed by atoms with van der Waals surface area (Å²) < 4.78 is 10.3. The Labute approximate surface area is 163 Å². The van der Waals surface area contributed by atoms with Gasteiger partial charge in [-0.2, -0.15) is 11.8 Å². The fourth-order valence-electron chi connectivity index (χ4n) is 3.05. The number of carbonyl (C=O) groups is 3. The second-order valence-corrected chi connectivity index (χ2v) is 7.72. The molecule has 0 aromatic rings. The molecule has 2 saturated heterocycles. The molecule has 0 aromatic carbocycles. The van der Waals surface area contributed by atoms with Gasteiger partial charge in [0.1, 0.15) is 6.61 Å². The number of hydrazine groups is 1. The lowest BCUT2D eigenvalue weighted by molar-refractivity contribution is -0.126. The summed E-state index contributed by atoms with van der Waals surface area (Å²) >= 11 is 1.89. The average molecular weight is 404 g/mol. The van der Waals surface area contributed by atoms with E-state index in [2.05, 4.69) is 16.0 Å². The van der Waals surface area contributed by atoms with Crippen molar-refractivity contribution in [1.29, 1.82) is 0 Å². The van der Waals surface area contributed by atoms with Crippen LogP contribution in [0.2, 0.25) is 0 Å². The average Bonchev–Trinajstić information content (AvgIpc) is 3.20. The predicted octanol–water partition coefficient (Wildman–Crippen LogP) is -1.15. The molecule has 0 saturated carbocycles. The van der Waals surface area contributed by atoms with Crippen LogP contribution in [0.1, 0.15) is 25.7 Å². The van der Waals surface area contributed by atoms with E-state index in [1.165, 1.54) is 0 Å². The van der Waals surface area contributed by atoms with Crippen LogP contribution >= 0.6 is 11.8 Å². The van der Waals surface area contributed by atoms with Gasteiger partial charge in [-0.25, -0.2) is 10.6 Å². The number of hydrogen-bond acceptors (Lipinski definition) is 7. The minimum absolute atomic E-state index is 0.0160. The number of ether oxygens (including phenoxy) is 2. The van der Waals surface area contributed by atoms with Gasteiger partial charge >= 0.3 is 6.03 Å². The van der Waals surface area contributed by atoms with Crippen LogP contribution in [0.25, 0.3) is 0 Å². The van der Waals surface area contributed by atoms with Crippen LogP contribution in [-0.2, 0) is 19.1 Å². The molecule has 0 spiro atoms. The van der Waals surface area contributed by atoms with Crippen molar-refractivity contribution in [3.05, 3.63) is 0 Å². The number of rotatable bonds is 13. The topological polar surface area (TPSA) is 144 Å². The minimum Gasteiger partial charge on any atom is -0.377 e. The maximum atomic E-state index is 11.8. The zero-order chi connectivity index (χ0) is 19.5. The number of unbranched alkanes of at least 4 members (excludes halogenated alkanes) is 1. The normalized spacial score (nSPS) is 23.4. The zero-order valence-electron chi connectivity index (χ0n) is 15.3. The number of nitrogens with one attached hydrogen (secondary N) is 4. The van der Waals surface area contributed by atoms with E-state index in [-0.39, 0.29) is 30.6 Å². The number of carbonyl (C=O) groups excluding carboxylic acids is 3. The molecule has 0 unspecified atom stereocenters. The Hall–Kier alpha value is -1.56. The van der Waals surface area contributed by atoms with Gasteiger partial charge < -0.3 is 25.4 Å². The molecule has 10 nitrogen and oxygen atoms in total. The first kappa shape index (κ1) is 21.7. The summed E-state index contributed by atoms with van der Waals surface area (Å²) in [4.78, 5) is 33.9. The third-order valence-electron chi connectivity index (χ3n) is 4.42. The van der Waals surface area contributed by atoms with Gasteiger partial charge in [-0.3, -0.25) is 15.0 Å². The van der Waals surface area contributed by atoms with E-state index in [1.54, 1.807) is 0 Å². The van der Waals surface area contributed by atoms with Crippen LogP contribution in [0.5, 0.6) is 0 Å².